The Labute approximate surface area is 182 Å². The van der Waals surface area contributed by atoms with Gasteiger partial charge in [0.05, 0.1) is 0 Å². The van der Waals surface area contributed by atoms with Gasteiger partial charge in [-0.1, -0.05) is 101 Å². The van der Waals surface area contributed by atoms with Crippen molar-refractivity contribution in [3.05, 3.63) is 47.0 Å². The molecule has 2 nitrogen and oxygen atoms in total. The van der Waals surface area contributed by atoms with Crippen LogP contribution in [0.5, 0.6) is 0 Å². The van der Waals surface area contributed by atoms with Crippen molar-refractivity contribution in [1.82, 2.24) is 9.97 Å². The molecule has 1 heterocycles. The third kappa shape index (κ3) is 6.81. The molecular weight excluding hydrogens is 376 g/mol. The Bertz CT molecular complexity index is 733. The monoisotopic (exact) mass is 412 g/mol. The number of unbranched alkanes of at least 4 members (excludes halogenated alkanes) is 2. The fourth-order valence-corrected chi connectivity index (χ4v) is 4.94. The maximum atomic E-state index is 6.53. The van der Waals surface area contributed by atoms with Gasteiger partial charge in [0.25, 0.3) is 0 Å². The second-order valence-corrected chi connectivity index (χ2v) is 9.22. The lowest BCUT2D eigenvalue weighted by molar-refractivity contribution is 0.251. The van der Waals surface area contributed by atoms with Crippen molar-refractivity contribution in [1.29, 1.82) is 0 Å². The number of hydrogen-bond acceptors (Lipinski definition) is 2. The van der Waals surface area contributed by atoms with Crippen molar-refractivity contribution in [2.75, 3.05) is 0 Å². The minimum absolute atomic E-state index is 0.584. The number of nitrogens with zero attached hydrogens (tertiary/aromatic N) is 2. The highest BCUT2D eigenvalue weighted by molar-refractivity contribution is 6.32. The lowest BCUT2D eigenvalue weighted by Gasteiger charge is -2.28. The molecule has 1 aromatic heterocycles. The highest BCUT2D eigenvalue weighted by atomic mass is 35.5. The molecule has 0 radical (unpaired) electrons. The quantitative estimate of drug-likeness (QED) is 0.291. The number of benzene rings is 1. The molecular formula is C26H37ClN2. The number of halogens is 1. The van der Waals surface area contributed by atoms with Crippen molar-refractivity contribution in [3.8, 4) is 11.1 Å². The van der Waals surface area contributed by atoms with Crippen LogP contribution < -0.4 is 0 Å². The Balaban J connectivity index is 1.52. The minimum atomic E-state index is 0.584. The number of hydrogen-bond donors (Lipinski definition) is 0. The van der Waals surface area contributed by atoms with Gasteiger partial charge in [-0.25, -0.2) is 9.97 Å². The first-order valence-corrected chi connectivity index (χ1v) is 12.2. The largest absolute Gasteiger partial charge is 0.241 e. The van der Waals surface area contributed by atoms with E-state index in [4.69, 9.17) is 11.6 Å². The van der Waals surface area contributed by atoms with Gasteiger partial charge in [0.15, 0.2) is 0 Å². The Morgan fingerprint density at radius 2 is 1.55 bits per heavy atom. The first kappa shape index (κ1) is 22.3. The summed E-state index contributed by atoms with van der Waals surface area (Å²) in [7, 11) is 0. The van der Waals surface area contributed by atoms with Gasteiger partial charge in [-0.3, -0.25) is 0 Å². The van der Waals surface area contributed by atoms with Crippen LogP contribution in [0.2, 0.25) is 5.15 Å². The van der Waals surface area contributed by atoms with Gasteiger partial charge >= 0.3 is 0 Å². The van der Waals surface area contributed by atoms with Gasteiger partial charge in [0.2, 0.25) is 0 Å². The molecule has 2 aromatic rings. The van der Waals surface area contributed by atoms with Crippen LogP contribution in [0.4, 0.5) is 0 Å². The van der Waals surface area contributed by atoms with Crippen molar-refractivity contribution < 1.29 is 0 Å². The lowest BCUT2D eigenvalue weighted by Crippen LogP contribution is -2.15. The maximum absolute atomic E-state index is 6.53. The second kappa shape index (κ2) is 11.7. The molecule has 0 bridgehead atoms. The molecule has 1 saturated carbocycles. The van der Waals surface area contributed by atoms with Crippen molar-refractivity contribution in [2.24, 2.45) is 11.8 Å². The Morgan fingerprint density at radius 1 is 0.862 bits per heavy atom. The number of aromatic nitrogens is 2. The molecule has 1 aliphatic rings. The Kier molecular flexibility index (Phi) is 8.98. The van der Waals surface area contributed by atoms with Crippen LogP contribution in [0, 0.1) is 11.8 Å². The highest BCUT2D eigenvalue weighted by Gasteiger charge is 2.20. The van der Waals surface area contributed by atoms with Gasteiger partial charge in [0, 0.05) is 18.2 Å². The topological polar surface area (TPSA) is 25.8 Å². The van der Waals surface area contributed by atoms with Crippen LogP contribution in [0.1, 0.15) is 89.4 Å². The van der Waals surface area contributed by atoms with Crippen LogP contribution in [0.15, 0.2) is 30.5 Å². The standard InChI is InChI=1S/C26H37ClN2/c1-3-5-6-8-21-13-16-23(17-14-21)24-19-28-25(29-26(24)27)18-15-22-11-9-20(7-4-2)10-12-22/h13-14,16-17,19-20,22H,3-12,15,18H2,1-2H3. The van der Waals surface area contributed by atoms with Gasteiger partial charge in [-0.2, -0.15) is 0 Å². The smallest absolute Gasteiger partial charge is 0.140 e. The molecule has 158 valence electrons. The maximum Gasteiger partial charge on any atom is 0.140 e. The molecule has 0 unspecified atom stereocenters. The van der Waals surface area contributed by atoms with E-state index >= 15 is 0 Å². The Morgan fingerprint density at radius 3 is 2.17 bits per heavy atom. The number of aryl methyl sites for hydroxylation is 2. The SMILES string of the molecule is CCCCCc1ccc(-c2cnc(CCC3CCC(CCC)CC3)nc2Cl)cc1. The first-order valence-electron chi connectivity index (χ1n) is 11.8. The van der Waals surface area contributed by atoms with Crippen molar-refractivity contribution in [2.45, 2.75) is 90.9 Å². The van der Waals surface area contributed by atoms with Crippen LogP contribution in [0.25, 0.3) is 11.1 Å². The van der Waals surface area contributed by atoms with Crippen LogP contribution in [-0.4, -0.2) is 9.97 Å². The van der Waals surface area contributed by atoms with Crippen LogP contribution >= 0.6 is 11.6 Å². The van der Waals surface area contributed by atoms with Gasteiger partial charge in [-0.15, -0.1) is 0 Å². The van der Waals surface area contributed by atoms with Crippen LogP contribution in [0.3, 0.4) is 0 Å². The lowest BCUT2D eigenvalue weighted by atomic mass is 9.78. The summed E-state index contributed by atoms with van der Waals surface area (Å²) in [6.45, 7) is 4.55. The summed E-state index contributed by atoms with van der Waals surface area (Å²) in [4.78, 5) is 9.25. The molecule has 3 rings (SSSR count). The molecule has 1 fully saturated rings. The van der Waals surface area contributed by atoms with Gasteiger partial charge in [-0.05, 0) is 42.2 Å². The van der Waals surface area contributed by atoms with Gasteiger partial charge < -0.3 is 0 Å². The molecule has 0 atom stereocenters. The molecule has 1 aromatic carbocycles. The third-order valence-corrected chi connectivity index (χ3v) is 6.85. The fourth-order valence-electron chi connectivity index (χ4n) is 4.69. The van der Waals surface area contributed by atoms with E-state index in [-0.39, 0.29) is 0 Å². The van der Waals surface area contributed by atoms with E-state index in [1.165, 1.54) is 69.8 Å². The molecule has 0 spiro atoms. The highest BCUT2D eigenvalue weighted by Crippen LogP contribution is 2.34. The Hall–Kier alpha value is -1.41. The fraction of sp³-hybridized carbons (Fsp3) is 0.615. The van der Waals surface area contributed by atoms with E-state index in [1.807, 2.05) is 6.20 Å². The average Bonchev–Trinajstić information content (AvgIpc) is 2.74. The van der Waals surface area contributed by atoms with E-state index in [9.17, 15) is 0 Å². The number of rotatable bonds is 10. The van der Waals surface area contributed by atoms with E-state index < -0.39 is 0 Å². The predicted molar refractivity (Wildman–Crippen MR) is 124 cm³/mol. The summed E-state index contributed by atoms with van der Waals surface area (Å²) < 4.78 is 0. The average molecular weight is 413 g/mol. The van der Waals surface area contributed by atoms with E-state index in [0.29, 0.717) is 5.15 Å². The summed E-state index contributed by atoms with van der Waals surface area (Å²) in [6, 6.07) is 8.73. The summed E-state index contributed by atoms with van der Waals surface area (Å²) in [5, 5.41) is 0.584. The van der Waals surface area contributed by atoms with E-state index in [0.717, 1.165) is 41.6 Å². The van der Waals surface area contributed by atoms with Crippen molar-refractivity contribution in [3.63, 3.8) is 0 Å². The zero-order valence-electron chi connectivity index (χ0n) is 18.3. The zero-order chi connectivity index (χ0) is 20.5. The van der Waals surface area contributed by atoms with Gasteiger partial charge in [0.1, 0.15) is 11.0 Å². The molecule has 1 aliphatic carbocycles. The van der Waals surface area contributed by atoms with E-state index in [2.05, 4.69) is 48.1 Å². The molecule has 0 N–H and O–H groups in total. The first-order chi connectivity index (χ1) is 14.2. The normalized spacial score (nSPS) is 19.4. The summed E-state index contributed by atoms with van der Waals surface area (Å²) in [6.07, 6.45) is 17.3. The molecule has 0 saturated heterocycles. The van der Waals surface area contributed by atoms with Crippen LogP contribution in [-0.2, 0) is 12.8 Å². The molecule has 3 heteroatoms. The second-order valence-electron chi connectivity index (χ2n) is 8.86. The molecule has 29 heavy (non-hydrogen) atoms. The summed E-state index contributed by atoms with van der Waals surface area (Å²) in [5.74, 6) is 2.70. The minimum Gasteiger partial charge on any atom is -0.241 e. The summed E-state index contributed by atoms with van der Waals surface area (Å²) >= 11 is 6.53. The van der Waals surface area contributed by atoms with E-state index in [1.54, 1.807) is 0 Å². The molecule has 0 amide bonds. The molecule has 0 aliphatic heterocycles. The zero-order valence-corrected chi connectivity index (χ0v) is 19.1. The predicted octanol–water partition coefficient (Wildman–Crippen LogP) is 8.07. The van der Waals surface area contributed by atoms with Crippen molar-refractivity contribution >= 4 is 11.6 Å². The summed E-state index contributed by atoms with van der Waals surface area (Å²) in [5.41, 5.74) is 3.44. The third-order valence-electron chi connectivity index (χ3n) is 6.57.